The highest BCUT2D eigenvalue weighted by Gasteiger charge is 2.40. The van der Waals surface area contributed by atoms with Gasteiger partial charge in [-0.3, -0.25) is 14.7 Å². The zero-order chi connectivity index (χ0) is 19.4. The van der Waals surface area contributed by atoms with E-state index in [1.54, 1.807) is 19.5 Å². The maximum Gasteiger partial charge on any atom is 0.222 e. The van der Waals surface area contributed by atoms with E-state index in [-0.39, 0.29) is 5.41 Å². The highest BCUT2D eigenvalue weighted by atomic mass is 16.5. The molecule has 2 aliphatic heterocycles. The zero-order valence-electron chi connectivity index (χ0n) is 16.6. The molecule has 0 atom stereocenters. The second-order valence-electron chi connectivity index (χ2n) is 8.23. The van der Waals surface area contributed by atoms with Crippen LogP contribution in [0, 0.1) is 5.41 Å². The molecule has 0 bridgehead atoms. The van der Waals surface area contributed by atoms with E-state index in [0.29, 0.717) is 18.9 Å². The molecular weight excluding hydrogens is 350 g/mol. The Labute approximate surface area is 167 Å². The van der Waals surface area contributed by atoms with Crippen LogP contribution in [0.3, 0.4) is 0 Å². The number of aromatic nitrogens is 1. The number of hydrogen-bond donors (Lipinski definition) is 0. The predicted molar refractivity (Wildman–Crippen MR) is 109 cm³/mol. The van der Waals surface area contributed by atoms with Crippen LogP contribution in [0.2, 0.25) is 0 Å². The third kappa shape index (κ3) is 4.36. The molecule has 148 valence electrons. The molecule has 1 amide bonds. The van der Waals surface area contributed by atoms with Crippen LogP contribution >= 0.6 is 0 Å². The summed E-state index contributed by atoms with van der Waals surface area (Å²) < 4.78 is 5.34. The molecule has 0 saturated carbocycles. The summed E-state index contributed by atoms with van der Waals surface area (Å²) in [6.45, 7) is 4.74. The van der Waals surface area contributed by atoms with Crippen molar-refractivity contribution in [2.45, 2.75) is 38.8 Å². The van der Waals surface area contributed by atoms with Gasteiger partial charge in [-0.15, -0.1) is 0 Å². The number of carbonyl (C=O) groups is 1. The fraction of sp³-hybridized carbons (Fsp3) is 0.478. The van der Waals surface area contributed by atoms with Gasteiger partial charge in [0.25, 0.3) is 0 Å². The highest BCUT2D eigenvalue weighted by Crippen LogP contribution is 2.40. The van der Waals surface area contributed by atoms with Gasteiger partial charge in [0.2, 0.25) is 5.91 Å². The summed E-state index contributed by atoms with van der Waals surface area (Å²) in [7, 11) is 1.71. The first-order chi connectivity index (χ1) is 13.7. The van der Waals surface area contributed by atoms with Crippen LogP contribution in [0.25, 0.3) is 0 Å². The molecule has 0 aliphatic carbocycles. The fourth-order valence-corrected chi connectivity index (χ4v) is 4.58. The first-order valence-corrected chi connectivity index (χ1v) is 10.2. The second-order valence-corrected chi connectivity index (χ2v) is 8.23. The molecule has 1 spiro atoms. The Bertz CT molecular complexity index is 801. The number of hydrogen-bond acceptors (Lipinski definition) is 4. The van der Waals surface area contributed by atoms with Crippen molar-refractivity contribution < 1.29 is 9.53 Å². The molecule has 1 aromatic carbocycles. The van der Waals surface area contributed by atoms with Gasteiger partial charge in [-0.05, 0) is 73.2 Å². The van der Waals surface area contributed by atoms with Gasteiger partial charge >= 0.3 is 0 Å². The number of piperidine rings is 2. The van der Waals surface area contributed by atoms with Crippen molar-refractivity contribution in [3.63, 3.8) is 0 Å². The number of methoxy groups -OCH3 is 1. The van der Waals surface area contributed by atoms with E-state index in [9.17, 15) is 4.79 Å². The molecule has 0 N–H and O–H groups in total. The summed E-state index contributed by atoms with van der Waals surface area (Å²) >= 11 is 0. The Hall–Kier alpha value is -2.40. The molecule has 5 nitrogen and oxygen atoms in total. The van der Waals surface area contributed by atoms with E-state index < -0.39 is 0 Å². The number of nitrogens with zero attached hydrogens (tertiary/aromatic N) is 3. The van der Waals surface area contributed by atoms with Gasteiger partial charge in [0.1, 0.15) is 5.75 Å². The van der Waals surface area contributed by atoms with Crippen molar-refractivity contribution in [2.24, 2.45) is 5.41 Å². The summed E-state index contributed by atoms with van der Waals surface area (Å²) in [6.07, 6.45) is 7.65. The number of ether oxygens (including phenoxy) is 1. The van der Waals surface area contributed by atoms with Crippen LogP contribution in [0.1, 0.15) is 36.8 Å². The van der Waals surface area contributed by atoms with E-state index in [2.05, 4.69) is 33.0 Å². The Morgan fingerprint density at radius 3 is 2.57 bits per heavy atom. The van der Waals surface area contributed by atoms with E-state index in [1.165, 1.54) is 5.56 Å². The van der Waals surface area contributed by atoms with Crippen LogP contribution in [0.5, 0.6) is 5.75 Å². The Morgan fingerprint density at radius 2 is 1.82 bits per heavy atom. The van der Waals surface area contributed by atoms with Gasteiger partial charge in [0.05, 0.1) is 7.11 Å². The quantitative estimate of drug-likeness (QED) is 0.798. The number of benzene rings is 1. The lowest BCUT2D eigenvalue weighted by atomic mass is 9.72. The van der Waals surface area contributed by atoms with Crippen LogP contribution in [-0.2, 0) is 17.9 Å². The predicted octanol–water partition coefficient (Wildman–Crippen LogP) is 3.50. The van der Waals surface area contributed by atoms with Gasteiger partial charge in [-0.1, -0.05) is 12.1 Å². The lowest BCUT2D eigenvalue weighted by Crippen LogP contribution is -2.51. The molecule has 1 aromatic heterocycles. The maximum absolute atomic E-state index is 12.5. The van der Waals surface area contributed by atoms with Crippen LogP contribution < -0.4 is 4.74 Å². The average Bonchev–Trinajstić information content (AvgIpc) is 2.74. The van der Waals surface area contributed by atoms with Crippen molar-refractivity contribution >= 4 is 5.91 Å². The molecule has 2 aromatic rings. The minimum Gasteiger partial charge on any atom is -0.497 e. The van der Waals surface area contributed by atoms with E-state index >= 15 is 0 Å². The van der Waals surface area contributed by atoms with Crippen molar-refractivity contribution in [3.8, 4) is 5.75 Å². The monoisotopic (exact) mass is 379 g/mol. The summed E-state index contributed by atoms with van der Waals surface area (Å²) in [6, 6.07) is 12.4. The standard InChI is InChI=1S/C23H29N3O2/c1-28-21-4-2-3-20(15-21)16-25-13-9-23(10-14-25)8-5-22(27)26(18-23)17-19-6-11-24-12-7-19/h2-4,6-7,11-12,15H,5,8-10,13-14,16-18H2,1H3. The fourth-order valence-electron chi connectivity index (χ4n) is 4.58. The number of rotatable bonds is 5. The highest BCUT2D eigenvalue weighted by molar-refractivity contribution is 5.77. The van der Waals surface area contributed by atoms with Gasteiger partial charge in [0, 0.05) is 38.4 Å². The van der Waals surface area contributed by atoms with Crippen LogP contribution in [-0.4, -0.2) is 47.4 Å². The maximum atomic E-state index is 12.5. The number of amides is 1. The molecule has 2 saturated heterocycles. The Morgan fingerprint density at radius 1 is 1.04 bits per heavy atom. The van der Waals surface area contributed by atoms with E-state index in [1.807, 2.05) is 18.2 Å². The molecule has 5 heteroatoms. The summed E-state index contributed by atoms with van der Waals surface area (Å²) in [4.78, 5) is 21.2. The van der Waals surface area contributed by atoms with Crippen LogP contribution in [0.4, 0.5) is 0 Å². The smallest absolute Gasteiger partial charge is 0.222 e. The van der Waals surface area contributed by atoms with Gasteiger partial charge in [-0.25, -0.2) is 0 Å². The molecule has 28 heavy (non-hydrogen) atoms. The van der Waals surface area contributed by atoms with Crippen molar-refractivity contribution in [2.75, 3.05) is 26.7 Å². The third-order valence-corrected chi connectivity index (χ3v) is 6.33. The SMILES string of the molecule is COc1cccc(CN2CCC3(CCC(=O)N(Cc4ccncc4)C3)CC2)c1. The van der Waals surface area contributed by atoms with Crippen LogP contribution in [0.15, 0.2) is 48.8 Å². The number of carbonyl (C=O) groups excluding carboxylic acids is 1. The normalized spacial score (nSPS) is 19.8. The van der Waals surface area contributed by atoms with Gasteiger partial charge < -0.3 is 9.64 Å². The molecule has 0 radical (unpaired) electrons. The second kappa shape index (κ2) is 8.31. The molecule has 2 aliphatic rings. The third-order valence-electron chi connectivity index (χ3n) is 6.33. The van der Waals surface area contributed by atoms with E-state index in [4.69, 9.17) is 4.74 Å². The van der Waals surface area contributed by atoms with Gasteiger partial charge in [0.15, 0.2) is 0 Å². The molecule has 3 heterocycles. The molecular formula is C23H29N3O2. The first kappa shape index (κ1) is 18.9. The first-order valence-electron chi connectivity index (χ1n) is 10.2. The topological polar surface area (TPSA) is 45.7 Å². The number of pyridine rings is 1. The van der Waals surface area contributed by atoms with E-state index in [0.717, 1.165) is 56.8 Å². The van der Waals surface area contributed by atoms with Crippen molar-refractivity contribution in [1.29, 1.82) is 0 Å². The summed E-state index contributed by atoms with van der Waals surface area (Å²) in [5.41, 5.74) is 2.75. The lowest BCUT2D eigenvalue weighted by Gasteiger charge is -2.47. The average molecular weight is 380 g/mol. The molecule has 2 fully saturated rings. The number of likely N-dealkylation sites (tertiary alicyclic amines) is 2. The van der Waals surface area contributed by atoms with Gasteiger partial charge in [-0.2, -0.15) is 0 Å². The molecule has 4 rings (SSSR count). The minimum atomic E-state index is 0.284. The summed E-state index contributed by atoms with van der Waals surface area (Å²) in [5.74, 6) is 1.21. The Kier molecular flexibility index (Phi) is 5.62. The lowest BCUT2D eigenvalue weighted by molar-refractivity contribution is -0.140. The summed E-state index contributed by atoms with van der Waals surface area (Å²) in [5, 5.41) is 0. The largest absolute Gasteiger partial charge is 0.497 e. The minimum absolute atomic E-state index is 0.284. The molecule has 0 unspecified atom stereocenters. The van der Waals surface area contributed by atoms with Crippen molar-refractivity contribution in [1.82, 2.24) is 14.8 Å². The Balaban J connectivity index is 1.35. The zero-order valence-corrected chi connectivity index (χ0v) is 16.6. The van der Waals surface area contributed by atoms with Crippen molar-refractivity contribution in [3.05, 3.63) is 59.9 Å².